The lowest BCUT2D eigenvalue weighted by Gasteiger charge is -2.18. The van der Waals surface area contributed by atoms with E-state index < -0.39 is 0 Å². The maximum Gasteiger partial charge on any atom is 0.0626 e. The second-order valence-corrected chi connectivity index (χ2v) is 6.68. The molecule has 1 fully saturated rings. The number of aliphatic imine (C=N–C) groups is 1. The molecule has 0 saturated heterocycles. The lowest BCUT2D eigenvalue weighted by atomic mass is 9.98. The van der Waals surface area contributed by atoms with Crippen molar-refractivity contribution in [2.75, 3.05) is 32.8 Å². The van der Waals surface area contributed by atoms with Gasteiger partial charge in [0.05, 0.1) is 13.2 Å². The highest BCUT2D eigenvalue weighted by Gasteiger charge is 2.22. The van der Waals surface area contributed by atoms with Crippen molar-refractivity contribution >= 4 is 6.21 Å². The molecular formula is C20H34N4O. The zero-order chi connectivity index (χ0) is 18.5. The third kappa shape index (κ3) is 9.27. The largest absolute Gasteiger partial charge is 0.405 e. The Kier molecular flexibility index (Phi) is 10.6. The molecule has 0 unspecified atom stereocenters. The first kappa shape index (κ1) is 21.2. The summed E-state index contributed by atoms with van der Waals surface area (Å²) in [6.07, 6.45) is 10.9. The molecule has 0 radical (unpaired) electrons. The van der Waals surface area contributed by atoms with E-state index in [1.54, 1.807) is 12.3 Å². The van der Waals surface area contributed by atoms with Crippen LogP contribution in [0.1, 0.15) is 26.2 Å². The lowest BCUT2D eigenvalue weighted by Crippen LogP contribution is -2.29. The number of allylic oxidation sites excluding steroid dienone is 2. The molecular weight excluding hydrogens is 312 g/mol. The molecule has 5 nitrogen and oxygen atoms in total. The van der Waals surface area contributed by atoms with E-state index in [1.807, 2.05) is 6.08 Å². The van der Waals surface area contributed by atoms with Crippen LogP contribution in [0.3, 0.4) is 0 Å². The Bertz CT molecular complexity index is 508. The molecule has 1 aliphatic rings. The second kappa shape index (κ2) is 12.5. The van der Waals surface area contributed by atoms with Crippen molar-refractivity contribution in [2.45, 2.75) is 26.2 Å². The molecule has 0 aromatic rings. The van der Waals surface area contributed by atoms with Crippen molar-refractivity contribution in [2.24, 2.45) is 22.6 Å². The number of nitrogens with zero attached hydrogens (tertiary/aromatic N) is 1. The van der Waals surface area contributed by atoms with Crippen LogP contribution in [0.4, 0.5) is 0 Å². The van der Waals surface area contributed by atoms with Crippen molar-refractivity contribution in [3.8, 4) is 0 Å². The van der Waals surface area contributed by atoms with Gasteiger partial charge < -0.3 is 21.5 Å². The molecule has 0 aromatic heterocycles. The predicted octanol–water partition coefficient (Wildman–Crippen LogP) is 2.13. The summed E-state index contributed by atoms with van der Waals surface area (Å²) in [6.45, 7) is 13.3. The fourth-order valence-corrected chi connectivity index (χ4v) is 2.99. The molecule has 5 N–H and O–H groups in total. The summed E-state index contributed by atoms with van der Waals surface area (Å²) in [5.74, 6) is 1.60. The average Bonchev–Trinajstić information content (AvgIpc) is 2.98. The first-order valence-corrected chi connectivity index (χ1v) is 9.07. The fourth-order valence-electron chi connectivity index (χ4n) is 2.99. The van der Waals surface area contributed by atoms with Gasteiger partial charge in [-0.1, -0.05) is 32.9 Å². The SMILES string of the molecule is C=C(/C=C(C=NCCO)\C=C/N)CNCC(=C)NC[C@@H]1CCC[C@@H]1C. The summed E-state index contributed by atoms with van der Waals surface area (Å²) < 4.78 is 0. The third-order valence-corrected chi connectivity index (χ3v) is 4.47. The van der Waals surface area contributed by atoms with Gasteiger partial charge in [-0.2, -0.15) is 0 Å². The zero-order valence-electron chi connectivity index (χ0n) is 15.5. The molecule has 0 aromatic carbocycles. The van der Waals surface area contributed by atoms with Crippen LogP contribution >= 0.6 is 0 Å². The van der Waals surface area contributed by atoms with Crippen LogP contribution in [0.2, 0.25) is 0 Å². The monoisotopic (exact) mass is 346 g/mol. The summed E-state index contributed by atoms with van der Waals surface area (Å²) in [6, 6.07) is 0. The number of aliphatic hydroxyl groups excluding tert-OH is 1. The molecule has 0 amide bonds. The summed E-state index contributed by atoms with van der Waals surface area (Å²) in [7, 11) is 0. The van der Waals surface area contributed by atoms with E-state index in [0.29, 0.717) is 19.6 Å². The normalized spacial score (nSPS) is 21.3. The van der Waals surface area contributed by atoms with Gasteiger partial charge in [0.15, 0.2) is 0 Å². The van der Waals surface area contributed by atoms with Crippen LogP contribution in [0, 0.1) is 11.8 Å². The smallest absolute Gasteiger partial charge is 0.0626 e. The Hall–Kier alpha value is -1.85. The first-order valence-electron chi connectivity index (χ1n) is 9.07. The molecule has 0 bridgehead atoms. The Morgan fingerprint density at radius 1 is 1.32 bits per heavy atom. The van der Waals surface area contributed by atoms with Crippen LogP contribution in [0.5, 0.6) is 0 Å². The van der Waals surface area contributed by atoms with Gasteiger partial charge in [0.1, 0.15) is 0 Å². The highest BCUT2D eigenvalue weighted by molar-refractivity contribution is 5.83. The molecule has 0 spiro atoms. The summed E-state index contributed by atoms with van der Waals surface area (Å²) in [5.41, 5.74) is 8.25. The minimum atomic E-state index is 0.0351. The van der Waals surface area contributed by atoms with Crippen molar-refractivity contribution < 1.29 is 5.11 Å². The highest BCUT2D eigenvalue weighted by atomic mass is 16.3. The maximum atomic E-state index is 8.77. The summed E-state index contributed by atoms with van der Waals surface area (Å²) >= 11 is 0. The fraction of sp³-hybridized carbons (Fsp3) is 0.550. The van der Waals surface area contributed by atoms with E-state index >= 15 is 0 Å². The molecule has 1 saturated carbocycles. The number of nitrogens with two attached hydrogens (primary N) is 1. The van der Waals surface area contributed by atoms with E-state index in [4.69, 9.17) is 10.8 Å². The van der Waals surface area contributed by atoms with Crippen LogP contribution in [0.15, 0.2) is 53.3 Å². The quantitative estimate of drug-likeness (QED) is 0.322. The van der Waals surface area contributed by atoms with Crippen LogP contribution in [-0.4, -0.2) is 44.1 Å². The highest BCUT2D eigenvalue weighted by Crippen LogP contribution is 2.30. The van der Waals surface area contributed by atoms with E-state index in [0.717, 1.165) is 35.2 Å². The molecule has 5 heteroatoms. The van der Waals surface area contributed by atoms with Crippen LogP contribution in [0.25, 0.3) is 0 Å². The van der Waals surface area contributed by atoms with E-state index in [1.165, 1.54) is 25.5 Å². The number of hydrogen-bond acceptors (Lipinski definition) is 5. The molecule has 140 valence electrons. The summed E-state index contributed by atoms with van der Waals surface area (Å²) in [4.78, 5) is 4.10. The van der Waals surface area contributed by atoms with Gasteiger partial charge in [-0.15, -0.1) is 0 Å². The zero-order valence-corrected chi connectivity index (χ0v) is 15.5. The predicted molar refractivity (Wildman–Crippen MR) is 108 cm³/mol. The average molecular weight is 347 g/mol. The Balaban J connectivity index is 2.29. The number of hydrogen-bond donors (Lipinski definition) is 4. The topological polar surface area (TPSA) is 82.7 Å². The van der Waals surface area contributed by atoms with E-state index in [2.05, 4.69) is 35.7 Å². The number of nitrogens with one attached hydrogen (secondary N) is 2. The van der Waals surface area contributed by atoms with Gasteiger partial charge in [0.2, 0.25) is 0 Å². The second-order valence-electron chi connectivity index (χ2n) is 6.68. The molecule has 2 atom stereocenters. The lowest BCUT2D eigenvalue weighted by molar-refractivity contribution is 0.307. The number of aliphatic hydroxyl groups is 1. The summed E-state index contributed by atoms with van der Waals surface area (Å²) in [5, 5.41) is 15.6. The molecule has 0 aliphatic heterocycles. The minimum Gasteiger partial charge on any atom is -0.405 e. The van der Waals surface area contributed by atoms with Crippen molar-refractivity contribution in [3.63, 3.8) is 0 Å². The van der Waals surface area contributed by atoms with Gasteiger partial charge in [0, 0.05) is 31.5 Å². The first-order chi connectivity index (χ1) is 12.1. The Morgan fingerprint density at radius 3 is 2.76 bits per heavy atom. The Morgan fingerprint density at radius 2 is 2.12 bits per heavy atom. The molecule has 1 aliphatic carbocycles. The maximum absolute atomic E-state index is 8.77. The molecule has 25 heavy (non-hydrogen) atoms. The Labute approximate surface area is 152 Å². The van der Waals surface area contributed by atoms with Gasteiger partial charge >= 0.3 is 0 Å². The van der Waals surface area contributed by atoms with Gasteiger partial charge in [-0.05, 0) is 47.8 Å². The molecule has 0 heterocycles. The standard InChI is InChI=1S/C20H34N4O/c1-16(11-19(7-8-21)14-22-9-10-25)12-23-13-18(3)24-15-20-6-4-5-17(20)2/h7-8,11,14,17,20,23-25H,1,3-6,9-10,12-13,15,21H2,2H3/b8-7-,19-11+,22-14?/t17-,20-/m0/s1. The van der Waals surface area contributed by atoms with Crippen LogP contribution in [-0.2, 0) is 0 Å². The van der Waals surface area contributed by atoms with E-state index in [9.17, 15) is 0 Å². The molecule has 1 rings (SSSR count). The minimum absolute atomic E-state index is 0.0351. The van der Waals surface area contributed by atoms with E-state index in [-0.39, 0.29) is 6.61 Å². The van der Waals surface area contributed by atoms with Gasteiger partial charge in [-0.25, -0.2) is 0 Å². The third-order valence-electron chi connectivity index (χ3n) is 4.47. The van der Waals surface area contributed by atoms with Crippen molar-refractivity contribution in [3.05, 3.63) is 48.4 Å². The van der Waals surface area contributed by atoms with Crippen molar-refractivity contribution in [1.29, 1.82) is 0 Å². The van der Waals surface area contributed by atoms with Crippen LogP contribution < -0.4 is 16.4 Å². The van der Waals surface area contributed by atoms with Gasteiger partial charge in [-0.3, -0.25) is 4.99 Å². The number of rotatable bonds is 12. The van der Waals surface area contributed by atoms with Crippen molar-refractivity contribution in [1.82, 2.24) is 10.6 Å². The van der Waals surface area contributed by atoms with Gasteiger partial charge in [0.25, 0.3) is 0 Å².